The minimum Gasteiger partial charge on any atom is -0.495 e. The van der Waals surface area contributed by atoms with E-state index in [-0.39, 0.29) is 5.91 Å². The molecule has 5 heteroatoms. The van der Waals surface area contributed by atoms with E-state index in [0.717, 1.165) is 28.3 Å². The molecule has 4 rings (SSSR count). The number of methoxy groups -OCH3 is 1. The molecule has 0 saturated carbocycles. The number of carbonyl (C=O) groups excluding carboxylic acids is 1. The molecule has 1 amide bonds. The van der Waals surface area contributed by atoms with Gasteiger partial charge in [-0.1, -0.05) is 48.0 Å². The summed E-state index contributed by atoms with van der Waals surface area (Å²) >= 11 is 0. The number of imidazole rings is 1. The molecule has 0 spiro atoms. The van der Waals surface area contributed by atoms with Gasteiger partial charge < -0.3 is 10.1 Å². The molecule has 0 radical (unpaired) electrons. The number of hydrogen-bond donors (Lipinski definition) is 1. The van der Waals surface area contributed by atoms with E-state index in [1.807, 2.05) is 40.9 Å². The number of rotatable bonds is 5. The smallest absolute Gasteiger partial charge is 0.251 e. The van der Waals surface area contributed by atoms with Crippen molar-refractivity contribution in [2.45, 2.75) is 13.5 Å². The summed E-state index contributed by atoms with van der Waals surface area (Å²) in [4.78, 5) is 17.3. The number of hydrogen-bond acceptors (Lipinski definition) is 3. The Hall–Kier alpha value is -3.60. The number of benzene rings is 2. The van der Waals surface area contributed by atoms with Crippen molar-refractivity contribution in [3.05, 3.63) is 89.7 Å². The maximum Gasteiger partial charge on any atom is 0.251 e. The van der Waals surface area contributed by atoms with Gasteiger partial charge in [-0.3, -0.25) is 9.20 Å². The van der Waals surface area contributed by atoms with Gasteiger partial charge in [0.2, 0.25) is 0 Å². The highest BCUT2D eigenvalue weighted by Crippen LogP contribution is 2.26. The van der Waals surface area contributed by atoms with Gasteiger partial charge in [-0.2, -0.15) is 0 Å². The van der Waals surface area contributed by atoms with Crippen molar-refractivity contribution in [1.82, 2.24) is 14.7 Å². The molecule has 28 heavy (non-hydrogen) atoms. The molecule has 2 heterocycles. The van der Waals surface area contributed by atoms with Gasteiger partial charge in [-0.25, -0.2) is 4.98 Å². The van der Waals surface area contributed by atoms with Crippen LogP contribution in [0.1, 0.15) is 21.6 Å². The molecule has 0 saturated heterocycles. The fourth-order valence-electron chi connectivity index (χ4n) is 3.16. The van der Waals surface area contributed by atoms with Gasteiger partial charge in [-0.15, -0.1) is 0 Å². The zero-order valence-corrected chi connectivity index (χ0v) is 15.8. The van der Waals surface area contributed by atoms with Crippen molar-refractivity contribution >= 4 is 11.6 Å². The molecular weight excluding hydrogens is 350 g/mol. The minimum atomic E-state index is -0.117. The number of amides is 1. The van der Waals surface area contributed by atoms with E-state index in [4.69, 9.17) is 9.72 Å². The van der Waals surface area contributed by atoms with Crippen LogP contribution in [-0.4, -0.2) is 22.4 Å². The predicted molar refractivity (Wildman–Crippen MR) is 110 cm³/mol. The number of fused-ring (bicyclic) bond motifs is 1. The molecule has 2 aromatic carbocycles. The SMILES string of the molecule is COc1ccc2nc(-c3ccc(C)cc3)c(CNC(=O)c3ccccc3)n2c1. The molecule has 0 bridgehead atoms. The summed E-state index contributed by atoms with van der Waals surface area (Å²) in [7, 11) is 1.63. The van der Waals surface area contributed by atoms with Crippen LogP contribution in [0.3, 0.4) is 0 Å². The zero-order chi connectivity index (χ0) is 19.5. The monoisotopic (exact) mass is 371 g/mol. The average Bonchev–Trinajstić information content (AvgIpc) is 3.10. The number of aromatic nitrogens is 2. The van der Waals surface area contributed by atoms with E-state index >= 15 is 0 Å². The van der Waals surface area contributed by atoms with Gasteiger partial charge in [0.05, 0.1) is 31.2 Å². The highest BCUT2D eigenvalue weighted by molar-refractivity contribution is 5.94. The molecule has 0 aliphatic rings. The number of ether oxygens (including phenoxy) is 1. The summed E-state index contributed by atoms with van der Waals surface area (Å²) in [6, 6.07) is 21.2. The Morgan fingerprint density at radius 3 is 2.50 bits per heavy atom. The first-order valence-electron chi connectivity index (χ1n) is 9.11. The molecule has 0 aliphatic carbocycles. The average molecular weight is 371 g/mol. The Morgan fingerprint density at radius 1 is 1.04 bits per heavy atom. The number of nitrogens with zero attached hydrogens (tertiary/aromatic N) is 2. The molecule has 0 fully saturated rings. The standard InChI is InChI=1S/C23H21N3O2/c1-16-8-10-17(11-9-16)22-20(14-24-23(27)18-6-4-3-5-7-18)26-15-19(28-2)12-13-21(26)25-22/h3-13,15H,14H2,1-2H3,(H,24,27). The highest BCUT2D eigenvalue weighted by atomic mass is 16.5. The van der Waals surface area contributed by atoms with Crippen LogP contribution in [0.5, 0.6) is 5.75 Å². The number of nitrogens with one attached hydrogen (secondary N) is 1. The van der Waals surface area contributed by atoms with Gasteiger partial charge in [-0.05, 0) is 31.2 Å². The van der Waals surface area contributed by atoms with Gasteiger partial charge in [0.25, 0.3) is 5.91 Å². The van der Waals surface area contributed by atoms with Crippen LogP contribution in [0.25, 0.3) is 16.9 Å². The van der Waals surface area contributed by atoms with Crippen molar-refractivity contribution < 1.29 is 9.53 Å². The Kier molecular flexibility index (Phi) is 4.81. The summed E-state index contributed by atoms with van der Waals surface area (Å²) in [6.45, 7) is 2.41. The fourth-order valence-corrected chi connectivity index (χ4v) is 3.16. The molecule has 5 nitrogen and oxygen atoms in total. The Bertz CT molecular complexity index is 1120. The quantitative estimate of drug-likeness (QED) is 0.571. The second kappa shape index (κ2) is 7.56. The van der Waals surface area contributed by atoms with Crippen molar-refractivity contribution in [2.75, 3.05) is 7.11 Å². The predicted octanol–water partition coefficient (Wildman–Crippen LogP) is 4.25. The van der Waals surface area contributed by atoms with Gasteiger partial charge in [0.1, 0.15) is 11.4 Å². The van der Waals surface area contributed by atoms with Crippen LogP contribution < -0.4 is 10.1 Å². The van der Waals surface area contributed by atoms with Crippen molar-refractivity contribution in [1.29, 1.82) is 0 Å². The third kappa shape index (κ3) is 3.47. The van der Waals surface area contributed by atoms with E-state index in [1.54, 1.807) is 19.2 Å². The second-order valence-corrected chi connectivity index (χ2v) is 6.62. The molecule has 4 aromatic rings. The highest BCUT2D eigenvalue weighted by Gasteiger charge is 2.16. The third-order valence-electron chi connectivity index (χ3n) is 4.70. The fraction of sp³-hybridized carbons (Fsp3) is 0.130. The van der Waals surface area contributed by atoms with Crippen LogP contribution in [0.4, 0.5) is 0 Å². The molecule has 0 unspecified atom stereocenters. The van der Waals surface area contributed by atoms with Crippen LogP contribution in [0.15, 0.2) is 72.9 Å². The summed E-state index contributed by atoms with van der Waals surface area (Å²) in [5.74, 6) is 0.615. The summed E-state index contributed by atoms with van der Waals surface area (Å²) in [5, 5.41) is 3.01. The number of pyridine rings is 1. The normalized spacial score (nSPS) is 10.8. The first-order chi connectivity index (χ1) is 13.7. The first-order valence-corrected chi connectivity index (χ1v) is 9.11. The van der Waals surface area contributed by atoms with E-state index in [2.05, 4.69) is 36.5 Å². The lowest BCUT2D eigenvalue weighted by molar-refractivity contribution is 0.0950. The molecule has 0 aliphatic heterocycles. The topological polar surface area (TPSA) is 55.6 Å². The molecular formula is C23H21N3O2. The zero-order valence-electron chi connectivity index (χ0n) is 15.8. The Balaban J connectivity index is 1.74. The van der Waals surface area contributed by atoms with Crippen LogP contribution >= 0.6 is 0 Å². The van der Waals surface area contributed by atoms with E-state index in [9.17, 15) is 4.79 Å². The minimum absolute atomic E-state index is 0.117. The maximum absolute atomic E-state index is 12.5. The molecule has 1 N–H and O–H groups in total. The summed E-state index contributed by atoms with van der Waals surface area (Å²) in [6.07, 6.45) is 1.89. The Labute approximate surface area is 163 Å². The molecule has 0 atom stereocenters. The second-order valence-electron chi connectivity index (χ2n) is 6.62. The maximum atomic E-state index is 12.5. The van der Waals surface area contributed by atoms with Crippen molar-refractivity contribution in [3.8, 4) is 17.0 Å². The number of carbonyl (C=O) groups is 1. The summed E-state index contributed by atoms with van der Waals surface area (Å²) in [5.41, 5.74) is 5.39. The van der Waals surface area contributed by atoms with E-state index in [1.165, 1.54) is 5.56 Å². The van der Waals surface area contributed by atoms with E-state index < -0.39 is 0 Å². The van der Waals surface area contributed by atoms with Gasteiger partial charge in [0.15, 0.2) is 0 Å². The van der Waals surface area contributed by atoms with Gasteiger partial charge >= 0.3 is 0 Å². The van der Waals surface area contributed by atoms with Crippen LogP contribution in [0, 0.1) is 6.92 Å². The molecule has 2 aromatic heterocycles. The van der Waals surface area contributed by atoms with Crippen molar-refractivity contribution in [3.63, 3.8) is 0 Å². The first kappa shape index (κ1) is 17.8. The van der Waals surface area contributed by atoms with Crippen molar-refractivity contribution in [2.24, 2.45) is 0 Å². The third-order valence-corrected chi connectivity index (χ3v) is 4.70. The van der Waals surface area contributed by atoms with Gasteiger partial charge in [0, 0.05) is 11.1 Å². The largest absolute Gasteiger partial charge is 0.495 e. The lowest BCUT2D eigenvalue weighted by Gasteiger charge is -2.09. The summed E-state index contributed by atoms with van der Waals surface area (Å²) < 4.78 is 7.34. The Morgan fingerprint density at radius 2 is 1.79 bits per heavy atom. The lowest BCUT2D eigenvalue weighted by Crippen LogP contribution is -2.23. The lowest BCUT2D eigenvalue weighted by atomic mass is 10.1. The molecule has 140 valence electrons. The van der Waals surface area contributed by atoms with Crippen LogP contribution in [-0.2, 0) is 6.54 Å². The van der Waals surface area contributed by atoms with E-state index in [0.29, 0.717) is 12.1 Å². The van der Waals surface area contributed by atoms with Crippen LogP contribution in [0.2, 0.25) is 0 Å². The number of aryl methyl sites for hydroxylation is 1.